The zero-order valence-electron chi connectivity index (χ0n) is 13.6. The smallest absolute Gasteiger partial charge is 0.343 e. The summed E-state index contributed by atoms with van der Waals surface area (Å²) in [6.07, 6.45) is 0.930. The molecule has 2 N–H and O–H groups in total. The predicted molar refractivity (Wildman–Crippen MR) is 92.6 cm³/mol. The summed E-state index contributed by atoms with van der Waals surface area (Å²) in [7, 11) is 2.09. The van der Waals surface area contributed by atoms with Crippen molar-refractivity contribution in [3.8, 4) is 11.3 Å². The topological polar surface area (TPSA) is 78.6 Å². The Morgan fingerprint density at radius 3 is 2.75 bits per heavy atom. The van der Waals surface area contributed by atoms with Crippen molar-refractivity contribution >= 4 is 23.4 Å². The molecule has 6 nitrogen and oxygen atoms in total. The molecule has 1 fully saturated rings. The van der Waals surface area contributed by atoms with Gasteiger partial charge in [-0.1, -0.05) is 23.7 Å². The fourth-order valence-electron chi connectivity index (χ4n) is 3.13. The van der Waals surface area contributed by atoms with Crippen molar-refractivity contribution in [2.45, 2.75) is 19.4 Å². The van der Waals surface area contributed by atoms with Gasteiger partial charge < -0.3 is 19.8 Å². The molecule has 24 heavy (non-hydrogen) atoms. The molecule has 7 heteroatoms. The van der Waals surface area contributed by atoms with Gasteiger partial charge in [0.25, 0.3) is 0 Å². The average Bonchev–Trinajstić information content (AvgIpc) is 2.94. The van der Waals surface area contributed by atoms with E-state index in [-0.39, 0.29) is 23.2 Å². The molecule has 128 valence electrons. The minimum absolute atomic E-state index is 0.0588. The van der Waals surface area contributed by atoms with Gasteiger partial charge in [-0.2, -0.15) is 0 Å². The van der Waals surface area contributed by atoms with Gasteiger partial charge in [0.05, 0.1) is 0 Å². The van der Waals surface area contributed by atoms with E-state index in [1.165, 1.54) is 0 Å². The number of nitrogens with one attached hydrogen (secondary N) is 1. The van der Waals surface area contributed by atoms with E-state index in [1.807, 2.05) is 0 Å². The molecule has 0 aliphatic carbocycles. The van der Waals surface area contributed by atoms with Crippen molar-refractivity contribution in [2.75, 3.05) is 25.5 Å². The van der Waals surface area contributed by atoms with Crippen molar-refractivity contribution < 1.29 is 14.4 Å². The monoisotopic (exact) mass is 349 g/mol. The highest BCUT2D eigenvalue weighted by Crippen LogP contribution is 2.31. The third kappa shape index (κ3) is 3.39. The summed E-state index contributed by atoms with van der Waals surface area (Å²) in [5, 5.41) is 17.4. The van der Waals surface area contributed by atoms with Crippen LogP contribution < -0.4 is 5.32 Å². The number of carboxylic acids is 1. The minimum atomic E-state index is -1.07. The van der Waals surface area contributed by atoms with Gasteiger partial charge in [0.15, 0.2) is 17.1 Å². The Kier molecular flexibility index (Phi) is 4.78. The molecule has 1 aromatic carbocycles. The highest BCUT2D eigenvalue weighted by molar-refractivity contribution is 6.30. The maximum absolute atomic E-state index is 11.7. The molecule has 0 amide bonds. The van der Waals surface area contributed by atoms with E-state index in [0.29, 0.717) is 16.5 Å². The lowest BCUT2D eigenvalue weighted by Crippen LogP contribution is -2.43. The van der Waals surface area contributed by atoms with Crippen LogP contribution in [0.5, 0.6) is 0 Å². The molecule has 1 aromatic heterocycles. The Morgan fingerprint density at radius 1 is 1.42 bits per heavy atom. The second kappa shape index (κ2) is 6.83. The first kappa shape index (κ1) is 16.8. The van der Waals surface area contributed by atoms with E-state index in [0.717, 1.165) is 19.5 Å². The number of aromatic carboxylic acids is 1. The van der Waals surface area contributed by atoms with Gasteiger partial charge in [0.1, 0.15) is 0 Å². The highest BCUT2D eigenvalue weighted by atomic mass is 35.5. The number of benzene rings is 1. The van der Waals surface area contributed by atoms with E-state index in [9.17, 15) is 9.90 Å². The Balaban J connectivity index is 1.89. The molecule has 0 spiro atoms. The van der Waals surface area contributed by atoms with Crippen molar-refractivity contribution in [3.63, 3.8) is 0 Å². The van der Waals surface area contributed by atoms with Gasteiger partial charge in [0.2, 0.25) is 0 Å². The number of hydrogen-bond donors (Lipinski definition) is 2. The number of rotatable bonds is 4. The Hall–Kier alpha value is -2.05. The first-order valence-electron chi connectivity index (χ1n) is 7.89. The van der Waals surface area contributed by atoms with Crippen LogP contribution in [0, 0.1) is 5.92 Å². The number of likely N-dealkylation sites (tertiary alicyclic amines) is 1. The number of halogens is 1. The van der Waals surface area contributed by atoms with E-state index in [1.54, 1.807) is 24.3 Å². The maximum Gasteiger partial charge on any atom is 0.343 e. The van der Waals surface area contributed by atoms with Gasteiger partial charge in [-0.05, 0) is 50.2 Å². The number of carbonyl (C=O) groups is 1. The zero-order valence-corrected chi connectivity index (χ0v) is 14.4. The SMILES string of the molecule is C[C@@H]1CN(C)CC[C@H]1Nc1noc(-c2ccc(Cl)cc2)c1C(=O)O. The molecule has 2 atom stereocenters. The lowest BCUT2D eigenvalue weighted by atomic mass is 9.94. The van der Waals surface area contributed by atoms with Crippen LogP contribution in [-0.4, -0.2) is 47.3 Å². The number of piperidine rings is 1. The van der Waals surface area contributed by atoms with Crippen molar-refractivity contribution in [1.82, 2.24) is 10.1 Å². The summed E-state index contributed by atoms with van der Waals surface area (Å²) >= 11 is 5.88. The van der Waals surface area contributed by atoms with Crippen molar-refractivity contribution in [3.05, 3.63) is 34.9 Å². The molecule has 1 aliphatic rings. The Bertz CT molecular complexity index is 729. The van der Waals surface area contributed by atoms with E-state index >= 15 is 0 Å². The van der Waals surface area contributed by atoms with Crippen LogP contribution in [0.4, 0.5) is 5.82 Å². The van der Waals surface area contributed by atoms with Crippen molar-refractivity contribution in [1.29, 1.82) is 0 Å². The van der Waals surface area contributed by atoms with E-state index < -0.39 is 5.97 Å². The number of aromatic nitrogens is 1. The summed E-state index contributed by atoms with van der Waals surface area (Å²) < 4.78 is 5.33. The van der Waals surface area contributed by atoms with Crippen molar-refractivity contribution in [2.24, 2.45) is 5.92 Å². The van der Waals surface area contributed by atoms with Crippen LogP contribution in [0.3, 0.4) is 0 Å². The molecule has 2 heterocycles. The molecule has 0 unspecified atom stereocenters. The number of hydrogen-bond acceptors (Lipinski definition) is 5. The highest BCUT2D eigenvalue weighted by Gasteiger charge is 2.29. The first-order chi connectivity index (χ1) is 11.5. The van der Waals surface area contributed by atoms with Crippen LogP contribution >= 0.6 is 11.6 Å². The summed E-state index contributed by atoms with van der Waals surface area (Å²) in [5.41, 5.74) is 0.692. The third-order valence-electron chi connectivity index (χ3n) is 4.44. The zero-order chi connectivity index (χ0) is 17.3. The maximum atomic E-state index is 11.7. The lowest BCUT2D eigenvalue weighted by molar-refractivity contribution is 0.0698. The van der Waals surface area contributed by atoms with Gasteiger partial charge in [-0.3, -0.25) is 0 Å². The molecule has 0 saturated carbocycles. The molecular weight excluding hydrogens is 330 g/mol. The normalized spacial score (nSPS) is 21.6. The minimum Gasteiger partial charge on any atom is -0.477 e. The molecule has 1 aliphatic heterocycles. The first-order valence-corrected chi connectivity index (χ1v) is 8.27. The van der Waals surface area contributed by atoms with Gasteiger partial charge in [0, 0.05) is 23.2 Å². The standard InChI is InChI=1S/C17H20ClN3O3/c1-10-9-21(2)8-7-13(10)19-16-14(17(22)23)15(24-20-16)11-3-5-12(18)6-4-11/h3-6,10,13H,7-9H2,1-2H3,(H,19,20)(H,22,23)/t10-,13-/m1/s1. The predicted octanol–water partition coefficient (Wildman–Crippen LogP) is 3.45. The number of carboxylic acid groups (broad SMARTS) is 1. The largest absolute Gasteiger partial charge is 0.477 e. The molecule has 2 aromatic rings. The summed E-state index contributed by atoms with van der Waals surface area (Å²) in [6, 6.07) is 6.99. The number of nitrogens with zero attached hydrogens (tertiary/aromatic N) is 2. The summed E-state index contributed by atoms with van der Waals surface area (Å²) in [4.78, 5) is 14.0. The summed E-state index contributed by atoms with van der Waals surface area (Å²) in [6.45, 7) is 4.07. The lowest BCUT2D eigenvalue weighted by Gasteiger charge is -2.35. The Morgan fingerprint density at radius 2 is 2.12 bits per heavy atom. The second-order valence-corrected chi connectivity index (χ2v) is 6.76. The molecule has 0 radical (unpaired) electrons. The van der Waals surface area contributed by atoms with Crippen LogP contribution in [0.15, 0.2) is 28.8 Å². The molecule has 0 bridgehead atoms. The second-order valence-electron chi connectivity index (χ2n) is 6.33. The average molecular weight is 350 g/mol. The molecular formula is C17H20ClN3O3. The Labute approximate surface area is 145 Å². The van der Waals surface area contributed by atoms with Crippen LogP contribution in [0.25, 0.3) is 11.3 Å². The van der Waals surface area contributed by atoms with Gasteiger partial charge in [-0.25, -0.2) is 4.79 Å². The molecule has 1 saturated heterocycles. The fourth-order valence-corrected chi connectivity index (χ4v) is 3.26. The molecule has 3 rings (SSSR count). The third-order valence-corrected chi connectivity index (χ3v) is 4.69. The van der Waals surface area contributed by atoms with E-state index in [4.69, 9.17) is 16.1 Å². The van der Waals surface area contributed by atoms with Gasteiger partial charge in [-0.15, -0.1) is 0 Å². The fraction of sp³-hybridized carbons (Fsp3) is 0.412. The van der Waals surface area contributed by atoms with Crippen LogP contribution in [0.1, 0.15) is 23.7 Å². The van der Waals surface area contributed by atoms with Gasteiger partial charge >= 0.3 is 5.97 Å². The quantitative estimate of drug-likeness (QED) is 0.880. The van der Waals surface area contributed by atoms with Crippen LogP contribution in [0.2, 0.25) is 5.02 Å². The summed E-state index contributed by atoms with van der Waals surface area (Å²) in [5.74, 6) is -0.151. The van der Waals surface area contributed by atoms with Crippen LogP contribution in [-0.2, 0) is 0 Å². The number of anilines is 1. The van der Waals surface area contributed by atoms with E-state index in [2.05, 4.69) is 29.3 Å².